The maximum atomic E-state index is 13.2. The molecule has 1 aliphatic rings. The lowest BCUT2D eigenvalue weighted by Crippen LogP contribution is -2.46. The number of carboxylic acids is 1. The maximum absolute atomic E-state index is 13.2. The number of alkyl halides is 1. The molecule has 1 heterocycles. The van der Waals surface area contributed by atoms with E-state index < -0.39 is 18.2 Å². The van der Waals surface area contributed by atoms with Gasteiger partial charge in [-0.25, -0.2) is 9.18 Å². The molecule has 2 unspecified atom stereocenters. The van der Waals surface area contributed by atoms with Crippen LogP contribution in [0.3, 0.4) is 0 Å². The summed E-state index contributed by atoms with van der Waals surface area (Å²) in [5.74, 6) is -1.66. The van der Waals surface area contributed by atoms with E-state index in [1.54, 1.807) is 6.92 Å². The molecule has 0 aromatic rings. The molecule has 0 aromatic heterocycles. The van der Waals surface area contributed by atoms with E-state index in [-0.39, 0.29) is 24.8 Å². The van der Waals surface area contributed by atoms with E-state index in [4.69, 9.17) is 5.11 Å². The van der Waals surface area contributed by atoms with Crippen molar-refractivity contribution >= 4 is 24.5 Å². The molecule has 1 rings (SSSR count). The topological polar surface area (TPSA) is 57.6 Å². The van der Waals surface area contributed by atoms with Gasteiger partial charge in [0.1, 0.15) is 6.17 Å². The van der Waals surface area contributed by atoms with Crippen molar-refractivity contribution in [2.45, 2.75) is 25.6 Å². The van der Waals surface area contributed by atoms with Crippen LogP contribution in [0.25, 0.3) is 0 Å². The quantitative estimate of drug-likeness (QED) is 0.703. The number of amides is 1. The molecular weight excluding hydrogens is 221 g/mol. The van der Waals surface area contributed by atoms with Crippen molar-refractivity contribution in [3.05, 3.63) is 0 Å². The van der Waals surface area contributed by atoms with Crippen molar-refractivity contribution in [3.63, 3.8) is 0 Å². The van der Waals surface area contributed by atoms with Gasteiger partial charge in [0, 0.05) is 18.2 Å². The number of likely N-dealkylation sites (tertiary alicyclic amines) is 1. The summed E-state index contributed by atoms with van der Waals surface area (Å²) in [6.45, 7) is 1.83. The molecule has 0 saturated carbocycles. The average molecular weight is 235 g/mol. The van der Waals surface area contributed by atoms with Crippen molar-refractivity contribution in [1.29, 1.82) is 0 Å². The Bertz CT molecular complexity index is 274. The number of hydrogen-bond acceptors (Lipinski definition) is 3. The summed E-state index contributed by atoms with van der Waals surface area (Å²) < 4.78 is 13.2. The second kappa shape index (κ2) is 4.83. The van der Waals surface area contributed by atoms with Gasteiger partial charge in [-0.1, -0.05) is 6.92 Å². The molecule has 0 radical (unpaired) electrons. The van der Waals surface area contributed by atoms with Crippen LogP contribution >= 0.6 is 12.6 Å². The highest BCUT2D eigenvalue weighted by atomic mass is 32.1. The maximum Gasteiger partial charge on any atom is 0.329 e. The van der Waals surface area contributed by atoms with Crippen LogP contribution in [-0.2, 0) is 9.59 Å². The normalized spacial score (nSPS) is 27.8. The Morgan fingerprint density at radius 1 is 1.67 bits per heavy atom. The zero-order chi connectivity index (χ0) is 11.6. The number of aliphatic carboxylic acids is 1. The van der Waals surface area contributed by atoms with E-state index >= 15 is 0 Å². The predicted molar refractivity (Wildman–Crippen MR) is 55.7 cm³/mol. The summed E-state index contributed by atoms with van der Waals surface area (Å²) in [6.07, 6.45) is -1.36. The van der Waals surface area contributed by atoms with Gasteiger partial charge in [0.25, 0.3) is 0 Å². The molecule has 4 nitrogen and oxygen atoms in total. The monoisotopic (exact) mass is 235 g/mol. The molecule has 1 saturated heterocycles. The highest BCUT2D eigenvalue weighted by molar-refractivity contribution is 7.80. The second-order valence-corrected chi connectivity index (χ2v) is 4.07. The first-order chi connectivity index (χ1) is 6.99. The molecule has 1 fully saturated rings. The lowest BCUT2D eigenvalue weighted by Gasteiger charge is -2.24. The van der Waals surface area contributed by atoms with E-state index in [1.807, 2.05) is 0 Å². The lowest BCUT2D eigenvalue weighted by molar-refractivity contribution is -0.151. The molecular formula is C9H14FNO3S. The van der Waals surface area contributed by atoms with Gasteiger partial charge in [-0.3, -0.25) is 4.79 Å². The van der Waals surface area contributed by atoms with Gasteiger partial charge < -0.3 is 10.0 Å². The fourth-order valence-corrected chi connectivity index (χ4v) is 1.81. The lowest BCUT2D eigenvalue weighted by atomic mass is 10.1. The first-order valence-electron chi connectivity index (χ1n) is 4.77. The van der Waals surface area contributed by atoms with E-state index in [0.29, 0.717) is 5.75 Å². The first-order valence-corrected chi connectivity index (χ1v) is 5.40. The SMILES string of the molecule is CC(CS)C(=O)N1CCC(F)[C@H]1C(=O)O. The van der Waals surface area contributed by atoms with Crippen LogP contribution in [0.4, 0.5) is 4.39 Å². The van der Waals surface area contributed by atoms with Crippen LogP contribution in [0.2, 0.25) is 0 Å². The third-order valence-electron chi connectivity index (χ3n) is 2.56. The highest BCUT2D eigenvalue weighted by Gasteiger charge is 2.43. The predicted octanol–water partition coefficient (Wildman–Crippen LogP) is 0.576. The minimum Gasteiger partial charge on any atom is -0.480 e. The fraction of sp³-hybridized carbons (Fsp3) is 0.778. The molecule has 1 N–H and O–H groups in total. The Balaban J connectivity index is 2.77. The molecule has 1 aliphatic heterocycles. The van der Waals surface area contributed by atoms with Gasteiger partial charge in [0.2, 0.25) is 5.91 Å². The van der Waals surface area contributed by atoms with Crippen LogP contribution in [0, 0.1) is 5.92 Å². The number of rotatable bonds is 3. The van der Waals surface area contributed by atoms with Crippen molar-refractivity contribution < 1.29 is 19.1 Å². The smallest absolute Gasteiger partial charge is 0.329 e. The van der Waals surface area contributed by atoms with Crippen molar-refractivity contribution in [3.8, 4) is 0 Å². The summed E-state index contributed by atoms with van der Waals surface area (Å²) in [5.41, 5.74) is 0. The summed E-state index contributed by atoms with van der Waals surface area (Å²) in [6, 6.07) is -1.32. The average Bonchev–Trinajstić information content (AvgIpc) is 2.57. The third-order valence-corrected chi connectivity index (χ3v) is 3.10. The van der Waals surface area contributed by atoms with Gasteiger partial charge in [0.05, 0.1) is 0 Å². The Hall–Kier alpha value is -0.780. The molecule has 0 aliphatic carbocycles. The number of nitrogens with zero attached hydrogens (tertiary/aromatic N) is 1. The van der Waals surface area contributed by atoms with E-state index in [0.717, 1.165) is 4.90 Å². The van der Waals surface area contributed by atoms with Gasteiger partial charge in [-0.2, -0.15) is 12.6 Å². The molecule has 0 spiro atoms. The van der Waals surface area contributed by atoms with Crippen LogP contribution in [-0.4, -0.2) is 46.4 Å². The van der Waals surface area contributed by atoms with E-state index in [9.17, 15) is 14.0 Å². The van der Waals surface area contributed by atoms with Gasteiger partial charge >= 0.3 is 5.97 Å². The zero-order valence-corrected chi connectivity index (χ0v) is 9.28. The van der Waals surface area contributed by atoms with Gasteiger partial charge in [-0.05, 0) is 6.42 Å². The molecule has 15 heavy (non-hydrogen) atoms. The van der Waals surface area contributed by atoms with Crippen molar-refractivity contribution in [1.82, 2.24) is 4.90 Å². The third kappa shape index (κ3) is 2.42. The number of carbonyl (C=O) groups excluding carboxylic acids is 1. The van der Waals surface area contributed by atoms with Gasteiger partial charge in [-0.15, -0.1) is 0 Å². The molecule has 3 atom stereocenters. The Morgan fingerprint density at radius 3 is 2.73 bits per heavy atom. The minimum atomic E-state index is -1.46. The molecule has 6 heteroatoms. The van der Waals surface area contributed by atoms with Crippen LogP contribution in [0.5, 0.6) is 0 Å². The summed E-state index contributed by atoms with van der Waals surface area (Å²) in [5, 5.41) is 8.80. The first kappa shape index (κ1) is 12.3. The number of halogens is 1. The highest BCUT2D eigenvalue weighted by Crippen LogP contribution is 2.23. The van der Waals surface area contributed by atoms with Crippen molar-refractivity contribution in [2.24, 2.45) is 5.92 Å². The van der Waals surface area contributed by atoms with E-state index in [2.05, 4.69) is 12.6 Å². The summed E-state index contributed by atoms with van der Waals surface area (Å²) in [4.78, 5) is 23.6. The number of hydrogen-bond donors (Lipinski definition) is 2. The minimum absolute atomic E-state index is 0.0992. The zero-order valence-electron chi connectivity index (χ0n) is 8.39. The van der Waals surface area contributed by atoms with Crippen molar-refractivity contribution in [2.75, 3.05) is 12.3 Å². The fourth-order valence-electron chi connectivity index (χ4n) is 1.65. The largest absolute Gasteiger partial charge is 0.480 e. The van der Waals surface area contributed by atoms with Crippen LogP contribution < -0.4 is 0 Å². The Labute approximate surface area is 92.9 Å². The Morgan fingerprint density at radius 2 is 2.27 bits per heavy atom. The number of carbonyl (C=O) groups is 2. The summed E-state index contributed by atoms with van der Waals surface area (Å²) in [7, 11) is 0. The van der Waals surface area contributed by atoms with E-state index in [1.165, 1.54) is 0 Å². The van der Waals surface area contributed by atoms with Gasteiger partial charge in [0.15, 0.2) is 6.04 Å². The molecule has 0 bridgehead atoms. The molecule has 1 amide bonds. The molecule has 86 valence electrons. The van der Waals surface area contributed by atoms with Crippen LogP contribution in [0.15, 0.2) is 0 Å². The number of thiol groups is 1. The molecule has 0 aromatic carbocycles. The Kier molecular flexibility index (Phi) is 3.96. The number of carboxylic acid groups (broad SMARTS) is 1. The second-order valence-electron chi connectivity index (χ2n) is 3.70. The summed E-state index contributed by atoms with van der Waals surface area (Å²) >= 11 is 3.96. The standard InChI is InChI=1S/C9H14FNO3S/c1-5(4-15)8(12)11-3-2-6(10)7(11)9(13)14/h5-7,15H,2-4H2,1H3,(H,13,14)/t5?,6?,7-/m0/s1. The van der Waals surface area contributed by atoms with Crippen LogP contribution in [0.1, 0.15) is 13.3 Å².